The van der Waals surface area contributed by atoms with E-state index in [1.807, 2.05) is 13.0 Å². The maximum atomic E-state index is 13.3. The van der Waals surface area contributed by atoms with Crippen LogP contribution < -0.4 is 5.32 Å². The number of nitrogens with one attached hydrogen (secondary N) is 1. The Hall–Kier alpha value is -0.320. The molecule has 0 aliphatic rings. The number of hydrogen-bond donors (Lipinski definition) is 1. The second-order valence-electron chi connectivity index (χ2n) is 4.33. The van der Waals surface area contributed by atoms with Crippen molar-refractivity contribution in [1.82, 2.24) is 5.32 Å². The van der Waals surface area contributed by atoms with Crippen LogP contribution in [-0.2, 0) is 6.42 Å². The van der Waals surface area contributed by atoms with Crippen LogP contribution in [0.1, 0.15) is 24.1 Å². The molecule has 2 aromatic rings. The zero-order chi connectivity index (χ0) is 14.7. The van der Waals surface area contributed by atoms with Gasteiger partial charge in [0, 0.05) is 16.6 Å². The van der Waals surface area contributed by atoms with E-state index in [4.69, 9.17) is 34.8 Å². The molecule has 0 spiro atoms. The first kappa shape index (κ1) is 16.1. The van der Waals surface area contributed by atoms with Crippen molar-refractivity contribution >= 4 is 46.1 Å². The molecule has 1 aromatic carbocycles. The van der Waals surface area contributed by atoms with Gasteiger partial charge in [0.2, 0.25) is 0 Å². The molecule has 0 saturated carbocycles. The highest BCUT2D eigenvalue weighted by atomic mass is 35.5. The molecular formula is C14H13Cl3FNS. The molecule has 0 radical (unpaired) electrons. The molecule has 1 unspecified atom stereocenters. The maximum Gasteiger partial charge on any atom is 0.123 e. The van der Waals surface area contributed by atoms with Crippen molar-refractivity contribution in [3.63, 3.8) is 0 Å². The summed E-state index contributed by atoms with van der Waals surface area (Å²) in [6.07, 6.45) is 0.553. The van der Waals surface area contributed by atoms with Crippen molar-refractivity contribution in [2.45, 2.75) is 19.4 Å². The lowest BCUT2D eigenvalue weighted by molar-refractivity contribution is 0.548. The van der Waals surface area contributed by atoms with Crippen LogP contribution >= 0.6 is 46.1 Å². The zero-order valence-electron chi connectivity index (χ0n) is 10.7. The van der Waals surface area contributed by atoms with Crippen LogP contribution in [0.2, 0.25) is 13.7 Å². The molecule has 0 saturated heterocycles. The standard InChI is InChI=1S/C14H13Cl3FNS/c1-2-19-12(10-7-13(16)20-14(10)17)6-8-5-9(18)3-4-11(8)15/h3-5,7,12,19H,2,6H2,1H3. The molecular weight excluding hydrogens is 340 g/mol. The first-order valence-corrected chi connectivity index (χ1v) is 8.08. The van der Waals surface area contributed by atoms with E-state index in [1.165, 1.54) is 23.5 Å². The lowest BCUT2D eigenvalue weighted by atomic mass is 10.0. The Morgan fingerprint density at radius 2 is 2.00 bits per heavy atom. The van der Waals surface area contributed by atoms with Crippen LogP contribution in [0, 0.1) is 5.82 Å². The molecule has 0 bridgehead atoms. The third kappa shape index (κ3) is 3.86. The quantitative estimate of drug-likeness (QED) is 0.723. The highest BCUT2D eigenvalue weighted by Crippen LogP contribution is 2.36. The first-order chi connectivity index (χ1) is 9.51. The molecule has 20 heavy (non-hydrogen) atoms. The Morgan fingerprint density at radius 1 is 1.25 bits per heavy atom. The lowest BCUT2D eigenvalue weighted by Gasteiger charge is -2.18. The van der Waals surface area contributed by atoms with E-state index in [9.17, 15) is 4.39 Å². The summed E-state index contributed by atoms with van der Waals surface area (Å²) in [5.74, 6) is -0.297. The van der Waals surface area contributed by atoms with Crippen LogP contribution in [-0.4, -0.2) is 6.54 Å². The van der Waals surface area contributed by atoms with Gasteiger partial charge in [-0.05, 0) is 42.8 Å². The third-order valence-corrected chi connectivity index (χ3v) is 4.83. The van der Waals surface area contributed by atoms with Gasteiger partial charge in [-0.1, -0.05) is 41.7 Å². The van der Waals surface area contributed by atoms with Crippen molar-refractivity contribution in [1.29, 1.82) is 0 Å². The van der Waals surface area contributed by atoms with E-state index in [1.54, 1.807) is 6.07 Å². The fraction of sp³-hybridized carbons (Fsp3) is 0.286. The van der Waals surface area contributed by atoms with Crippen molar-refractivity contribution in [2.75, 3.05) is 6.54 Å². The van der Waals surface area contributed by atoms with E-state index < -0.39 is 0 Å². The van der Waals surface area contributed by atoms with E-state index in [2.05, 4.69) is 5.32 Å². The fourth-order valence-corrected chi connectivity index (χ4v) is 3.82. The summed E-state index contributed by atoms with van der Waals surface area (Å²) < 4.78 is 14.6. The summed E-state index contributed by atoms with van der Waals surface area (Å²) in [7, 11) is 0. The number of likely N-dealkylation sites (N-methyl/N-ethyl adjacent to an activating group) is 1. The summed E-state index contributed by atoms with van der Waals surface area (Å²) >= 11 is 19.6. The molecule has 108 valence electrons. The van der Waals surface area contributed by atoms with Crippen molar-refractivity contribution in [3.8, 4) is 0 Å². The van der Waals surface area contributed by atoms with Gasteiger partial charge in [-0.15, -0.1) is 11.3 Å². The lowest BCUT2D eigenvalue weighted by Crippen LogP contribution is -2.23. The summed E-state index contributed by atoms with van der Waals surface area (Å²) in [5, 5.41) is 3.88. The van der Waals surface area contributed by atoms with Gasteiger partial charge in [0.25, 0.3) is 0 Å². The predicted molar refractivity (Wildman–Crippen MR) is 85.9 cm³/mol. The molecule has 6 heteroatoms. The maximum absolute atomic E-state index is 13.3. The number of halogens is 4. The van der Waals surface area contributed by atoms with Gasteiger partial charge < -0.3 is 5.32 Å². The summed E-state index contributed by atoms with van der Waals surface area (Å²) in [6, 6.07) is 6.17. The van der Waals surface area contributed by atoms with Crippen molar-refractivity contribution in [3.05, 3.63) is 54.9 Å². The van der Waals surface area contributed by atoms with Gasteiger partial charge in [0.1, 0.15) is 5.82 Å². The number of thiophene rings is 1. The molecule has 1 atom stereocenters. The Kier molecular flexibility index (Phi) is 5.70. The zero-order valence-corrected chi connectivity index (χ0v) is 13.8. The largest absolute Gasteiger partial charge is 0.310 e. The molecule has 0 fully saturated rings. The topological polar surface area (TPSA) is 12.0 Å². The van der Waals surface area contributed by atoms with E-state index >= 15 is 0 Å². The number of benzene rings is 1. The van der Waals surface area contributed by atoms with E-state index in [0.717, 1.165) is 17.7 Å². The van der Waals surface area contributed by atoms with Crippen molar-refractivity contribution in [2.24, 2.45) is 0 Å². The highest BCUT2D eigenvalue weighted by Gasteiger charge is 2.18. The smallest absolute Gasteiger partial charge is 0.123 e. The third-order valence-electron chi connectivity index (χ3n) is 2.94. The minimum Gasteiger partial charge on any atom is -0.310 e. The fourth-order valence-electron chi connectivity index (χ4n) is 2.05. The summed E-state index contributed by atoms with van der Waals surface area (Å²) in [6.45, 7) is 2.77. The number of hydrogen-bond acceptors (Lipinski definition) is 2. The Labute approximate surface area is 136 Å². The SMILES string of the molecule is CCNC(Cc1cc(F)ccc1Cl)c1cc(Cl)sc1Cl. The van der Waals surface area contributed by atoms with Gasteiger partial charge in [-0.3, -0.25) is 0 Å². The predicted octanol–water partition coefficient (Wildman–Crippen LogP) is 5.74. The molecule has 0 aliphatic carbocycles. The minimum absolute atomic E-state index is 0.0458. The molecule has 1 aromatic heterocycles. The van der Waals surface area contributed by atoms with Crippen LogP contribution in [0.25, 0.3) is 0 Å². The summed E-state index contributed by atoms with van der Waals surface area (Å²) in [4.78, 5) is 0. The van der Waals surface area contributed by atoms with Crippen LogP contribution in [0.5, 0.6) is 0 Å². The van der Waals surface area contributed by atoms with Gasteiger partial charge in [-0.2, -0.15) is 0 Å². The van der Waals surface area contributed by atoms with Crippen LogP contribution in [0.4, 0.5) is 4.39 Å². The second kappa shape index (κ2) is 7.10. The minimum atomic E-state index is -0.297. The van der Waals surface area contributed by atoms with Gasteiger partial charge in [-0.25, -0.2) is 4.39 Å². The second-order valence-corrected chi connectivity index (χ2v) is 7.02. The molecule has 1 N–H and O–H groups in total. The normalized spacial score (nSPS) is 12.7. The Morgan fingerprint density at radius 3 is 2.60 bits per heavy atom. The number of rotatable bonds is 5. The van der Waals surface area contributed by atoms with Gasteiger partial charge in [0.15, 0.2) is 0 Å². The average molecular weight is 353 g/mol. The van der Waals surface area contributed by atoms with Crippen LogP contribution in [0.15, 0.2) is 24.3 Å². The van der Waals surface area contributed by atoms with Crippen LogP contribution in [0.3, 0.4) is 0 Å². The van der Waals surface area contributed by atoms with Gasteiger partial charge in [0.05, 0.1) is 8.67 Å². The van der Waals surface area contributed by atoms with Gasteiger partial charge >= 0.3 is 0 Å². The molecule has 1 heterocycles. The van der Waals surface area contributed by atoms with E-state index in [-0.39, 0.29) is 11.9 Å². The Balaban J connectivity index is 2.30. The average Bonchev–Trinajstić information content (AvgIpc) is 2.72. The Bertz CT molecular complexity index is 600. The van der Waals surface area contributed by atoms with E-state index in [0.29, 0.717) is 20.1 Å². The molecule has 0 amide bonds. The van der Waals surface area contributed by atoms with Crippen molar-refractivity contribution < 1.29 is 4.39 Å². The monoisotopic (exact) mass is 351 g/mol. The summed E-state index contributed by atoms with van der Waals surface area (Å²) in [5.41, 5.74) is 1.67. The molecule has 1 nitrogen and oxygen atoms in total. The molecule has 2 rings (SSSR count). The first-order valence-electron chi connectivity index (χ1n) is 6.13. The molecule has 0 aliphatic heterocycles. The highest BCUT2D eigenvalue weighted by molar-refractivity contribution is 7.20.